The molecule has 0 aliphatic heterocycles. The summed E-state index contributed by atoms with van der Waals surface area (Å²) in [5, 5.41) is 2.20. The number of anilines is 1. The Morgan fingerprint density at radius 1 is 1.00 bits per heavy atom. The van der Waals surface area contributed by atoms with E-state index in [4.69, 9.17) is 4.84 Å². The highest BCUT2D eigenvalue weighted by Crippen LogP contribution is 2.15. The van der Waals surface area contributed by atoms with Gasteiger partial charge >= 0.3 is 0 Å². The molecule has 0 aliphatic carbocycles. The van der Waals surface area contributed by atoms with Gasteiger partial charge in [0.15, 0.2) is 0 Å². The molecule has 8 heteroatoms. The number of carbonyl (C=O) groups excluding carboxylic acids is 1. The topological polar surface area (TPSA) is 60.3 Å². The fraction of sp³-hybridized carbons (Fsp3) is 0.0526. The number of hydrogen-bond donors (Lipinski definition) is 1. The van der Waals surface area contributed by atoms with Gasteiger partial charge in [-0.05, 0) is 30.3 Å². The van der Waals surface area contributed by atoms with Crippen LogP contribution in [0.15, 0.2) is 65.6 Å². The number of amides is 1. The van der Waals surface area contributed by atoms with Crippen molar-refractivity contribution in [2.75, 3.05) is 5.32 Å². The third-order valence-electron chi connectivity index (χ3n) is 3.66. The van der Waals surface area contributed by atoms with E-state index in [-0.39, 0.29) is 23.4 Å². The normalized spacial score (nSPS) is 10.5. The van der Waals surface area contributed by atoms with Crippen LogP contribution in [0, 0.1) is 17.5 Å². The first-order valence-corrected chi connectivity index (χ1v) is 7.80. The number of aromatic nitrogens is 1. The van der Waals surface area contributed by atoms with Gasteiger partial charge in [0.1, 0.15) is 29.6 Å². The van der Waals surface area contributed by atoms with E-state index in [9.17, 15) is 22.8 Å². The van der Waals surface area contributed by atoms with Gasteiger partial charge in [-0.25, -0.2) is 13.2 Å². The molecule has 0 saturated heterocycles. The Morgan fingerprint density at radius 3 is 2.52 bits per heavy atom. The number of carbonyl (C=O) groups is 1. The molecule has 3 aromatic rings. The molecule has 3 rings (SSSR count). The van der Waals surface area contributed by atoms with E-state index in [0.717, 1.165) is 16.9 Å². The molecule has 0 atom stereocenters. The first-order valence-electron chi connectivity index (χ1n) is 7.80. The predicted molar refractivity (Wildman–Crippen MR) is 91.7 cm³/mol. The monoisotopic (exact) mass is 374 g/mol. The number of benzene rings is 2. The summed E-state index contributed by atoms with van der Waals surface area (Å²) in [6.07, 6.45) is 1.26. The lowest BCUT2D eigenvalue weighted by molar-refractivity contribution is 0.0847. The molecule has 27 heavy (non-hydrogen) atoms. The Morgan fingerprint density at radius 2 is 1.78 bits per heavy atom. The molecule has 0 saturated carbocycles. The molecule has 138 valence electrons. The zero-order valence-corrected chi connectivity index (χ0v) is 13.8. The molecule has 0 unspecified atom stereocenters. The Kier molecular flexibility index (Phi) is 5.25. The van der Waals surface area contributed by atoms with Crippen molar-refractivity contribution in [1.82, 2.24) is 4.73 Å². The highest BCUT2D eigenvalue weighted by atomic mass is 19.1. The Hall–Kier alpha value is -3.55. The van der Waals surface area contributed by atoms with Crippen LogP contribution in [0.1, 0.15) is 15.9 Å². The van der Waals surface area contributed by atoms with Crippen molar-refractivity contribution < 1.29 is 22.8 Å². The highest BCUT2D eigenvalue weighted by molar-refractivity contribution is 6.04. The van der Waals surface area contributed by atoms with Crippen LogP contribution in [0.2, 0.25) is 0 Å². The molecule has 0 radical (unpaired) electrons. The van der Waals surface area contributed by atoms with Gasteiger partial charge < -0.3 is 10.2 Å². The predicted octanol–water partition coefficient (Wildman–Crippen LogP) is 3.15. The first kappa shape index (κ1) is 18.2. The molecule has 0 aliphatic rings. The molecule has 5 nitrogen and oxygen atoms in total. The lowest BCUT2D eigenvalue weighted by atomic mass is 10.2. The number of nitrogens with one attached hydrogen (secondary N) is 1. The van der Waals surface area contributed by atoms with E-state index in [1.807, 2.05) is 0 Å². The largest absolute Gasteiger partial charge is 0.406 e. The van der Waals surface area contributed by atoms with Gasteiger partial charge in [0.25, 0.3) is 11.5 Å². The van der Waals surface area contributed by atoms with Crippen LogP contribution < -0.4 is 15.7 Å². The minimum absolute atomic E-state index is 0.229. The smallest absolute Gasteiger partial charge is 0.295 e. The summed E-state index contributed by atoms with van der Waals surface area (Å²) < 4.78 is 41.0. The zero-order chi connectivity index (χ0) is 19.4. The van der Waals surface area contributed by atoms with Gasteiger partial charge in [0, 0.05) is 17.8 Å². The second-order valence-electron chi connectivity index (χ2n) is 5.50. The maximum atomic E-state index is 13.7. The van der Waals surface area contributed by atoms with Gasteiger partial charge in [-0.1, -0.05) is 18.2 Å². The molecule has 0 bridgehead atoms. The number of rotatable bonds is 5. The van der Waals surface area contributed by atoms with E-state index in [1.54, 1.807) is 6.07 Å². The molecular weight excluding hydrogens is 361 g/mol. The molecule has 1 heterocycles. The van der Waals surface area contributed by atoms with Crippen molar-refractivity contribution >= 4 is 11.6 Å². The van der Waals surface area contributed by atoms with Gasteiger partial charge in [0.2, 0.25) is 0 Å². The number of nitrogens with zero attached hydrogens (tertiary/aromatic N) is 1. The average Bonchev–Trinajstić information content (AvgIpc) is 2.64. The molecule has 1 aromatic heterocycles. The highest BCUT2D eigenvalue weighted by Gasteiger charge is 2.15. The van der Waals surface area contributed by atoms with Crippen LogP contribution in [0.4, 0.5) is 18.9 Å². The zero-order valence-electron chi connectivity index (χ0n) is 13.8. The number of halogens is 3. The van der Waals surface area contributed by atoms with Crippen molar-refractivity contribution in [3.63, 3.8) is 0 Å². The van der Waals surface area contributed by atoms with Crippen molar-refractivity contribution in [3.8, 4) is 0 Å². The van der Waals surface area contributed by atoms with Crippen molar-refractivity contribution in [2.24, 2.45) is 0 Å². The average molecular weight is 374 g/mol. The number of hydrogen-bond acceptors (Lipinski definition) is 3. The summed E-state index contributed by atoms with van der Waals surface area (Å²) in [5.41, 5.74) is -1.18. The Bertz CT molecular complexity index is 1050. The molecular formula is C19H13F3N2O3. The second-order valence-corrected chi connectivity index (χ2v) is 5.50. The fourth-order valence-corrected chi connectivity index (χ4v) is 2.28. The summed E-state index contributed by atoms with van der Waals surface area (Å²) in [5.74, 6) is -3.16. The molecule has 0 fully saturated rings. The van der Waals surface area contributed by atoms with Crippen molar-refractivity contribution in [2.45, 2.75) is 6.61 Å². The molecule has 2 aromatic carbocycles. The Balaban J connectivity index is 1.79. The third kappa shape index (κ3) is 4.17. The van der Waals surface area contributed by atoms with E-state index in [0.29, 0.717) is 6.07 Å². The fourth-order valence-electron chi connectivity index (χ4n) is 2.28. The van der Waals surface area contributed by atoms with Crippen LogP contribution in [-0.4, -0.2) is 10.6 Å². The molecule has 0 spiro atoms. The van der Waals surface area contributed by atoms with Crippen LogP contribution >= 0.6 is 0 Å². The van der Waals surface area contributed by atoms with E-state index >= 15 is 0 Å². The summed E-state index contributed by atoms with van der Waals surface area (Å²) in [6, 6.07) is 11.1. The van der Waals surface area contributed by atoms with Crippen LogP contribution in [-0.2, 0) is 6.61 Å². The van der Waals surface area contributed by atoms with Gasteiger partial charge in [-0.3, -0.25) is 9.59 Å². The molecule has 1 amide bonds. The van der Waals surface area contributed by atoms with Gasteiger partial charge in [0.05, 0.1) is 5.69 Å². The third-order valence-corrected chi connectivity index (χ3v) is 3.66. The minimum Gasteiger partial charge on any atom is -0.406 e. The van der Waals surface area contributed by atoms with Crippen LogP contribution in [0.25, 0.3) is 0 Å². The lowest BCUT2D eigenvalue weighted by Crippen LogP contribution is -2.32. The van der Waals surface area contributed by atoms with Gasteiger partial charge in [-0.2, -0.15) is 4.73 Å². The second kappa shape index (κ2) is 7.77. The summed E-state index contributed by atoms with van der Waals surface area (Å²) in [7, 11) is 0. The summed E-state index contributed by atoms with van der Waals surface area (Å²) >= 11 is 0. The standard InChI is InChI=1S/C19H13F3N2O3/c20-13-7-8-17(16(22)10-13)23-18(25)14-5-3-9-24(19(14)26)27-11-12-4-1-2-6-15(12)21/h1-10H,11H2,(H,23,25). The van der Waals surface area contributed by atoms with Gasteiger partial charge in [-0.15, -0.1) is 0 Å². The van der Waals surface area contributed by atoms with Crippen LogP contribution in [0.3, 0.4) is 0 Å². The maximum Gasteiger partial charge on any atom is 0.295 e. The van der Waals surface area contributed by atoms with E-state index < -0.39 is 28.9 Å². The van der Waals surface area contributed by atoms with Crippen LogP contribution in [0.5, 0.6) is 0 Å². The summed E-state index contributed by atoms with van der Waals surface area (Å²) in [4.78, 5) is 29.9. The van der Waals surface area contributed by atoms with E-state index in [2.05, 4.69) is 5.32 Å². The maximum absolute atomic E-state index is 13.7. The molecule has 1 N–H and O–H groups in total. The number of pyridine rings is 1. The minimum atomic E-state index is -0.976. The van der Waals surface area contributed by atoms with Crippen molar-refractivity contribution in [1.29, 1.82) is 0 Å². The summed E-state index contributed by atoms with van der Waals surface area (Å²) in [6.45, 7) is -0.232. The quantitative estimate of drug-likeness (QED) is 0.746. The lowest BCUT2D eigenvalue weighted by Gasteiger charge is -2.11. The van der Waals surface area contributed by atoms with Crippen molar-refractivity contribution in [3.05, 3.63) is 99.7 Å². The first-order chi connectivity index (χ1) is 13.0. The Labute approximate surface area is 151 Å². The van der Waals surface area contributed by atoms with E-state index in [1.165, 1.54) is 36.5 Å². The SMILES string of the molecule is O=C(Nc1ccc(F)cc1F)c1cccn(OCc2ccccc2F)c1=O.